The van der Waals surface area contributed by atoms with Gasteiger partial charge in [0.2, 0.25) is 0 Å². The van der Waals surface area contributed by atoms with E-state index in [1.807, 2.05) is 6.92 Å². The molecule has 1 nitrogen and oxygen atoms in total. The molecule has 0 aliphatic rings. The summed E-state index contributed by atoms with van der Waals surface area (Å²) in [7, 11) is 0. The van der Waals surface area contributed by atoms with Crippen LogP contribution < -0.4 is 5.32 Å². The lowest BCUT2D eigenvalue weighted by molar-refractivity contribution is 0.491. The predicted molar refractivity (Wildman–Crippen MR) is 49.5 cm³/mol. The smallest absolute Gasteiger partial charge is 0.0677 e. The molecule has 0 amide bonds. The van der Waals surface area contributed by atoms with Crippen molar-refractivity contribution in [2.45, 2.75) is 31.7 Å². The minimum atomic E-state index is -0.128. The van der Waals surface area contributed by atoms with Crippen LogP contribution in [0.2, 0.25) is 0 Å². The van der Waals surface area contributed by atoms with Gasteiger partial charge in [0.05, 0.1) is 4.87 Å². The van der Waals surface area contributed by atoms with E-state index in [0.717, 1.165) is 5.75 Å². The first-order valence-corrected chi connectivity index (χ1v) is 4.17. The first-order valence-electron chi connectivity index (χ1n) is 3.09. The van der Waals surface area contributed by atoms with Gasteiger partial charge in [-0.05, 0) is 20.8 Å². The van der Waals surface area contributed by atoms with Crippen LogP contribution in [0.3, 0.4) is 0 Å². The zero-order valence-corrected chi connectivity index (χ0v) is 7.97. The summed E-state index contributed by atoms with van der Waals surface area (Å²) in [4.78, 5) is -0.128. The normalized spacial score (nSPS) is 18.0. The third-order valence-electron chi connectivity index (χ3n) is 0.908. The minimum absolute atomic E-state index is 0.128. The second-order valence-corrected chi connectivity index (χ2v) is 4.03. The van der Waals surface area contributed by atoms with Crippen molar-refractivity contribution >= 4 is 25.3 Å². The van der Waals surface area contributed by atoms with Crippen LogP contribution in [0.5, 0.6) is 0 Å². The van der Waals surface area contributed by atoms with Crippen molar-refractivity contribution in [2.24, 2.45) is 0 Å². The SMILES string of the molecule is CC(C)NC(C)(S)CS. The summed E-state index contributed by atoms with van der Waals surface area (Å²) in [5, 5.41) is 3.26. The van der Waals surface area contributed by atoms with Crippen molar-refractivity contribution in [2.75, 3.05) is 5.75 Å². The zero-order valence-electron chi connectivity index (χ0n) is 6.18. The Labute approximate surface area is 68.4 Å². The van der Waals surface area contributed by atoms with Gasteiger partial charge in [-0.3, -0.25) is 0 Å². The Morgan fingerprint density at radius 3 is 2.11 bits per heavy atom. The fourth-order valence-electron chi connectivity index (χ4n) is 0.668. The molecule has 0 saturated carbocycles. The first kappa shape index (κ1) is 9.66. The molecule has 0 saturated heterocycles. The number of nitrogens with one attached hydrogen (secondary N) is 1. The van der Waals surface area contributed by atoms with E-state index in [1.54, 1.807) is 0 Å². The van der Waals surface area contributed by atoms with Gasteiger partial charge in [-0.2, -0.15) is 25.3 Å². The van der Waals surface area contributed by atoms with Gasteiger partial charge in [-0.25, -0.2) is 0 Å². The Hall–Kier alpha value is 0.660. The molecule has 0 aromatic rings. The number of hydrogen-bond acceptors (Lipinski definition) is 3. The first-order chi connectivity index (χ1) is 3.98. The molecule has 56 valence electrons. The van der Waals surface area contributed by atoms with Crippen LogP contribution in [0.15, 0.2) is 0 Å². The van der Waals surface area contributed by atoms with Gasteiger partial charge in [-0.1, -0.05) is 0 Å². The maximum atomic E-state index is 4.34. The average Bonchev–Trinajstić information content (AvgIpc) is 1.63. The van der Waals surface area contributed by atoms with Gasteiger partial charge in [0.15, 0.2) is 0 Å². The molecule has 0 bridgehead atoms. The summed E-state index contributed by atoms with van der Waals surface area (Å²) in [5.41, 5.74) is 0. The lowest BCUT2D eigenvalue weighted by Gasteiger charge is -2.25. The Morgan fingerprint density at radius 1 is 1.56 bits per heavy atom. The summed E-state index contributed by atoms with van der Waals surface area (Å²) >= 11 is 8.48. The van der Waals surface area contributed by atoms with Crippen molar-refractivity contribution in [3.63, 3.8) is 0 Å². The van der Waals surface area contributed by atoms with Crippen LogP contribution >= 0.6 is 25.3 Å². The van der Waals surface area contributed by atoms with E-state index in [-0.39, 0.29) is 4.87 Å². The van der Waals surface area contributed by atoms with E-state index in [9.17, 15) is 0 Å². The van der Waals surface area contributed by atoms with Gasteiger partial charge < -0.3 is 5.32 Å². The largest absolute Gasteiger partial charge is 0.300 e. The van der Waals surface area contributed by atoms with E-state index in [4.69, 9.17) is 0 Å². The minimum Gasteiger partial charge on any atom is -0.300 e. The van der Waals surface area contributed by atoms with Gasteiger partial charge in [0.25, 0.3) is 0 Å². The third kappa shape index (κ3) is 5.12. The molecule has 1 unspecified atom stereocenters. The van der Waals surface area contributed by atoms with E-state index < -0.39 is 0 Å². The van der Waals surface area contributed by atoms with E-state index in [1.165, 1.54) is 0 Å². The van der Waals surface area contributed by atoms with Crippen molar-refractivity contribution in [1.82, 2.24) is 5.32 Å². The highest BCUT2D eigenvalue weighted by Gasteiger charge is 2.16. The molecular weight excluding hydrogens is 150 g/mol. The molecule has 0 heterocycles. The Balaban J connectivity index is 3.58. The standard InChI is InChI=1S/C6H15NS2/c1-5(2)7-6(3,9)4-8/h5,7-9H,4H2,1-3H3. The Kier molecular flexibility index (Phi) is 4.01. The van der Waals surface area contributed by atoms with Crippen molar-refractivity contribution < 1.29 is 0 Å². The second-order valence-electron chi connectivity index (χ2n) is 2.73. The molecule has 0 aromatic heterocycles. The van der Waals surface area contributed by atoms with Gasteiger partial charge in [-0.15, -0.1) is 0 Å². The zero-order chi connectivity index (χ0) is 7.49. The van der Waals surface area contributed by atoms with Gasteiger partial charge in [0.1, 0.15) is 0 Å². The summed E-state index contributed by atoms with van der Waals surface area (Å²) < 4.78 is 0. The predicted octanol–water partition coefficient (Wildman–Crippen LogP) is 1.56. The number of thiol groups is 2. The molecule has 1 N–H and O–H groups in total. The molecule has 0 aromatic carbocycles. The van der Waals surface area contributed by atoms with Gasteiger partial charge in [0, 0.05) is 11.8 Å². The quantitative estimate of drug-likeness (QED) is 0.426. The van der Waals surface area contributed by atoms with Crippen LogP contribution in [0.4, 0.5) is 0 Å². The molecule has 0 spiro atoms. The van der Waals surface area contributed by atoms with Gasteiger partial charge >= 0.3 is 0 Å². The highest BCUT2D eigenvalue weighted by atomic mass is 32.1. The number of hydrogen-bond donors (Lipinski definition) is 3. The molecular formula is C6H15NS2. The third-order valence-corrected chi connectivity index (χ3v) is 2.08. The highest BCUT2D eigenvalue weighted by Crippen LogP contribution is 2.11. The van der Waals surface area contributed by atoms with Crippen LogP contribution in [0, 0.1) is 0 Å². The van der Waals surface area contributed by atoms with Crippen LogP contribution in [0.25, 0.3) is 0 Å². The molecule has 3 heteroatoms. The molecule has 0 radical (unpaired) electrons. The monoisotopic (exact) mass is 165 g/mol. The van der Waals surface area contributed by atoms with Crippen molar-refractivity contribution in [1.29, 1.82) is 0 Å². The summed E-state index contributed by atoms with van der Waals surface area (Å²) in [5.74, 6) is 0.744. The molecule has 0 fully saturated rings. The van der Waals surface area contributed by atoms with Crippen LogP contribution in [-0.2, 0) is 0 Å². The number of rotatable bonds is 3. The summed E-state index contributed by atoms with van der Waals surface area (Å²) in [6.07, 6.45) is 0. The maximum Gasteiger partial charge on any atom is 0.0677 e. The molecule has 0 aliphatic carbocycles. The Morgan fingerprint density at radius 2 is 2.00 bits per heavy atom. The fraction of sp³-hybridized carbons (Fsp3) is 1.00. The van der Waals surface area contributed by atoms with E-state index >= 15 is 0 Å². The Bertz CT molecular complexity index is 81.1. The average molecular weight is 165 g/mol. The molecule has 9 heavy (non-hydrogen) atoms. The maximum absolute atomic E-state index is 4.34. The van der Waals surface area contributed by atoms with E-state index in [0.29, 0.717) is 6.04 Å². The molecule has 0 aliphatic heterocycles. The lowest BCUT2D eigenvalue weighted by Crippen LogP contribution is -2.42. The topological polar surface area (TPSA) is 12.0 Å². The van der Waals surface area contributed by atoms with Crippen molar-refractivity contribution in [3.05, 3.63) is 0 Å². The van der Waals surface area contributed by atoms with Crippen molar-refractivity contribution in [3.8, 4) is 0 Å². The fourth-order valence-corrected chi connectivity index (χ4v) is 1.02. The highest BCUT2D eigenvalue weighted by molar-refractivity contribution is 7.85. The summed E-state index contributed by atoms with van der Waals surface area (Å²) in [6, 6.07) is 0.472. The van der Waals surface area contributed by atoms with Crippen LogP contribution in [0.1, 0.15) is 20.8 Å². The molecule has 0 rings (SSSR count). The second kappa shape index (κ2) is 3.74. The van der Waals surface area contributed by atoms with E-state index in [2.05, 4.69) is 44.4 Å². The molecule has 1 atom stereocenters. The van der Waals surface area contributed by atoms with Crippen LogP contribution in [-0.4, -0.2) is 16.7 Å². The lowest BCUT2D eigenvalue weighted by atomic mass is 10.3. The summed E-state index contributed by atoms with van der Waals surface area (Å²) in [6.45, 7) is 6.21.